The molecule has 0 aliphatic heterocycles. The number of alkyl halides is 4. The molecule has 248 valence electrons. The Bertz CT molecular complexity index is 1490. The molecule has 3 aromatic rings. The van der Waals surface area contributed by atoms with Crippen LogP contribution in [0.3, 0.4) is 0 Å². The highest BCUT2D eigenvalue weighted by Crippen LogP contribution is 2.71. The van der Waals surface area contributed by atoms with Crippen LogP contribution < -0.4 is 0 Å². The third-order valence-electron chi connectivity index (χ3n) is 9.75. The lowest BCUT2D eigenvalue weighted by Gasteiger charge is -2.55. The fourth-order valence-corrected chi connectivity index (χ4v) is 13.3. The Morgan fingerprint density at radius 3 is 1.52 bits per heavy atom. The summed E-state index contributed by atoms with van der Waals surface area (Å²) in [6.07, 6.45) is 3.81. The van der Waals surface area contributed by atoms with Crippen LogP contribution in [0.15, 0.2) is 106 Å². The molecule has 0 atom stereocenters. The van der Waals surface area contributed by atoms with Crippen molar-refractivity contribution in [1.82, 2.24) is 0 Å². The third-order valence-corrected chi connectivity index (χ3v) is 15.0. The molecule has 0 N–H and O–H groups in total. The predicted octanol–water partition coefficient (Wildman–Crippen LogP) is 9.39. The number of ether oxygens (including phenoxy) is 1. The Labute approximate surface area is 269 Å². The van der Waals surface area contributed by atoms with Gasteiger partial charge in [-0.3, -0.25) is 4.79 Å². The normalized spacial score (nSPS) is 24.9. The summed E-state index contributed by atoms with van der Waals surface area (Å²) in [5.41, 5.74) is -0.512. The van der Waals surface area contributed by atoms with Gasteiger partial charge in [-0.25, -0.2) is 3.63 Å². The maximum atomic E-state index is 15.6. The second-order valence-electron chi connectivity index (χ2n) is 13.0. The molecule has 4 aliphatic carbocycles. The van der Waals surface area contributed by atoms with E-state index in [1.165, 1.54) is 36.4 Å². The molecule has 11 heteroatoms. The summed E-state index contributed by atoms with van der Waals surface area (Å²) >= 11 is 0. The molecule has 4 bridgehead atoms. The van der Waals surface area contributed by atoms with E-state index in [1.807, 2.05) is 0 Å². The number of carbonyl (C=O) groups excluding carboxylic acids is 1. The molecule has 46 heavy (non-hydrogen) atoms. The largest absolute Gasteiger partial charge is 0.465 e. The number of halogens is 4. The van der Waals surface area contributed by atoms with E-state index in [0.717, 1.165) is 38.5 Å². The van der Waals surface area contributed by atoms with E-state index in [0.29, 0.717) is 17.8 Å². The summed E-state index contributed by atoms with van der Waals surface area (Å²) in [6.45, 7) is -0.186. The Kier molecular flexibility index (Phi) is 9.06. The number of benzene rings is 3. The minimum Gasteiger partial charge on any atom is -0.465 e. The minimum atomic E-state index is -6.23. The first kappa shape index (κ1) is 33.0. The Morgan fingerprint density at radius 1 is 0.696 bits per heavy atom. The summed E-state index contributed by atoms with van der Waals surface area (Å²) in [5.74, 6) is -3.70. The molecule has 4 fully saturated rings. The quantitative estimate of drug-likeness (QED) is 0.102. The zero-order valence-corrected chi connectivity index (χ0v) is 27.0. The molecule has 0 heterocycles. The molecule has 5 nitrogen and oxygen atoms in total. The Balaban J connectivity index is 1.17. The fraction of sp³-hybridized carbons (Fsp3) is 0.457. The van der Waals surface area contributed by atoms with Crippen LogP contribution in [0, 0.1) is 23.2 Å². The lowest BCUT2D eigenvalue weighted by molar-refractivity contribution is -0.172. The average molecular weight is 679 g/mol. The summed E-state index contributed by atoms with van der Waals surface area (Å²) in [7, 11) is -9.68. The molecule has 0 aromatic heterocycles. The number of unbranched alkanes of at least 4 members (excludes halogenated alkanes) is 1. The monoisotopic (exact) mass is 678 g/mol. The highest BCUT2D eigenvalue weighted by molar-refractivity contribution is 8.33. The highest BCUT2D eigenvalue weighted by atomic mass is 32.3. The van der Waals surface area contributed by atoms with Gasteiger partial charge >= 0.3 is 27.3 Å². The van der Waals surface area contributed by atoms with Gasteiger partial charge in [-0.05, 0) is 116 Å². The molecule has 7 rings (SSSR count). The van der Waals surface area contributed by atoms with E-state index in [4.69, 9.17) is 8.37 Å². The topological polar surface area (TPSA) is 69.7 Å². The Morgan fingerprint density at radius 2 is 1.11 bits per heavy atom. The van der Waals surface area contributed by atoms with Gasteiger partial charge in [0.1, 0.15) is 0 Å². The van der Waals surface area contributed by atoms with Crippen LogP contribution in [0.25, 0.3) is 0 Å². The third kappa shape index (κ3) is 5.99. The molecule has 4 aliphatic rings. The zero-order valence-electron chi connectivity index (χ0n) is 25.3. The van der Waals surface area contributed by atoms with Crippen LogP contribution in [0.2, 0.25) is 0 Å². The van der Waals surface area contributed by atoms with Gasteiger partial charge in [0, 0.05) is 21.1 Å². The van der Waals surface area contributed by atoms with E-state index >= 15 is 17.6 Å². The first-order chi connectivity index (χ1) is 21.9. The molecule has 0 radical (unpaired) electrons. The minimum absolute atomic E-state index is 0.0993. The maximum absolute atomic E-state index is 15.6. The van der Waals surface area contributed by atoms with Crippen molar-refractivity contribution in [2.75, 3.05) is 6.61 Å². The van der Waals surface area contributed by atoms with E-state index in [9.17, 15) is 13.2 Å². The van der Waals surface area contributed by atoms with Gasteiger partial charge < -0.3 is 4.74 Å². The van der Waals surface area contributed by atoms with Crippen molar-refractivity contribution < 1.29 is 39.1 Å². The van der Waals surface area contributed by atoms with Crippen LogP contribution >= 0.6 is 10.3 Å². The number of rotatable bonds is 13. The lowest BCUT2D eigenvalue weighted by Crippen LogP contribution is -2.50. The van der Waals surface area contributed by atoms with E-state index in [1.54, 1.807) is 54.6 Å². The second kappa shape index (κ2) is 12.6. The zero-order chi connectivity index (χ0) is 32.6. The van der Waals surface area contributed by atoms with Gasteiger partial charge in [0.15, 0.2) is 0 Å². The summed E-state index contributed by atoms with van der Waals surface area (Å²) < 4.78 is 99.5. The van der Waals surface area contributed by atoms with Crippen molar-refractivity contribution in [3.63, 3.8) is 0 Å². The SMILES string of the molecule is O=C(OCCCCC(F)(F)C(F)(F)S(=O)(=O)OS(c1ccccc1)(c1ccccc1)c1ccccc1)C12CC3CC(CC(C3)C1)C2. The summed E-state index contributed by atoms with van der Waals surface area (Å²) in [6, 6.07) is 23.8. The van der Waals surface area contributed by atoms with Crippen LogP contribution in [-0.4, -0.2) is 32.2 Å². The van der Waals surface area contributed by atoms with Gasteiger partial charge in [0.2, 0.25) is 0 Å². The Hall–Kier alpha value is -2.89. The van der Waals surface area contributed by atoms with E-state index in [2.05, 4.69) is 0 Å². The number of esters is 1. The molecule has 3 aromatic carbocycles. The van der Waals surface area contributed by atoms with Crippen molar-refractivity contribution in [1.29, 1.82) is 0 Å². The highest BCUT2D eigenvalue weighted by Gasteiger charge is 2.67. The maximum Gasteiger partial charge on any atom is 0.432 e. The van der Waals surface area contributed by atoms with Crippen LogP contribution in [0.5, 0.6) is 0 Å². The van der Waals surface area contributed by atoms with Gasteiger partial charge in [0.25, 0.3) is 0 Å². The van der Waals surface area contributed by atoms with Gasteiger partial charge in [0.05, 0.1) is 12.0 Å². The van der Waals surface area contributed by atoms with Gasteiger partial charge in [-0.1, -0.05) is 54.6 Å². The van der Waals surface area contributed by atoms with Crippen molar-refractivity contribution in [2.45, 2.75) is 83.7 Å². The number of hydrogen-bond acceptors (Lipinski definition) is 5. The van der Waals surface area contributed by atoms with Crippen LogP contribution in [0.1, 0.15) is 57.8 Å². The van der Waals surface area contributed by atoms with E-state index in [-0.39, 0.29) is 33.7 Å². The van der Waals surface area contributed by atoms with E-state index < -0.39 is 49.9 Å². The summed E-state index contributed by atoms with van der Waals surface area (Å²) in [4.78, 5) is 13.8. The average Bonchev–Trinajstić information content (AvgIpc) is 3.04. The van der Waals surface area contributed by atoms with Gasteiger partial charge in [-0.2, -0.15) is 26.0 Å². The van der Waals surface area contributed by atoms with Crippen molar-refractivity contribution in [3.05, 3.63) is 91.0 Å². The smallest absolute Gasteiger partial charge is 0.432 e. The molecular formula is C35H38F4O5S2. The predicted molar refractivity (Wildman–Crippen MR) is 167 cm³/mol. The van der Waals surface area contributed by atoms with Gasteiger partial charge in [-0.15, -0.1) is 0 Å². The molecular weight excluding hydrogens is 641 g/mol. The standard InChI is InChI=1S/C35H38F4O5S2/c36-34(37,18-10-11-19-43-32(40)33-23-26-20-27(24-33)22-28(21-26)25-33)35(38,39)46(41,42)44-45(29-12-4-1-5-13-29,30-14-6-2-7-15-30)31-16-8-3-9-17-31/h1-9,12-17,26-28H,10-11,18-25H2. The fourth-order valence-electron chi connectivity index (χ4n) is 8.00. The molecule has 0 amide bonds. The van der Waals surface area contributed by atoms with Crippen molar-refractivity contribution in [3.8, 4) is 0 Å². The number of hydrogen-bond donors (Lipinski definition) is 0. The number of carbonyl (C=O) groups is 1. The van der Waals surface area contributed by atoms with Crippen LogP contribution in [-0.2, 0) is 23.3 Å². The molecule has 0 spiro atoms. The van der Waals surface area contributed by atoms with Crippen molar-refractivity contribution in [2.24, 2.45) is 23.2 Å². The lowest BCUT2D eigenvalue weighted by atomic mass is 9.49. The molecule has 0 saturated heterocycles. The molecule has 4 saturated carbocycles. The summed E-state index contributed by atoms with van der Waals surface area (Å²) in [5, 5.41) is -5.55. The molecule has 0 unspecified atom stereocenters. The first-order valence-corrected chi connectivity index (χ1v) is 18.7. The van der Waals surface area contributed by atoms with Crippen LogP contribution in [0.4, 0.5) is 17.6 Å². The van der Waals surface area contributed by atoms with Crippen molar-refractivity contribution >= 4 is 26.4 Å². The first-order valence-electron chi connectivity index (χ1n) is 15.8. The second-order valence-corrected chi connectivity index (χ2v) is 17.5.